The second-order valence-electron chi connectivity index (χ2n) is 18.8. The van der Waals surface area contributed by atoms with Crippen LogP contribution in [0.4, 0.5) is 4.79 Å². The van der Waals surface area contributed by atoms with E-state index in [1.807, 2.05) is 0 Å². The molecule has 0 aromatic heterocycles. The first kappa shape index (κ1) is 51.3. The Kier molecular flexibility index (Phi) is 14.7. The number of aliphatic hydroxyl groups excluding tert-OH is 3. The van der Waals surface area contributed by atoms with Gasteiger partial charge in [0.25, 0.3) is 5.91 Å². The molecule has 0 spiro atoms. The molecule has 19 heteroatoms. The average Bonchev–Trinajstić information content (AvgIpc) is 3.33. The van der Waals surface area contributed by atoms with Crippen molar-refractivity contribution in [2.24, 2.45) is 16.7 Å². The van der Waals surface area contributed by atoms with Crippen LogP contribution in [0.1, 0.15) is 86.7 Å². The van der Waals surface area contributed by atoms with Gasteiger partial charge in [-0.15, -0.1) is 0 Å². The Hall–Kier alpha value is -6.51. The van der Waals surface area contributed by atoms with Gasteiger partial charge in [0.15, 0.2) is 23.6 Å². The normalized spacial score (nSPS) is 29.9. The number of aliphatic hydroxyl groups is 4. The zero-order valence-corrected chi connectivity index (χ0v) is 39.4. The third kappa shape index (κ3) is 9.31. The summed E-state index contributed by atoms with van der Waals surface area (Å²) in [6, 6.07) is 22.4. The molecule has 19 nitrogen and oxygen atoms in total. The van der Waals surface area contributed by atoms with Crippen molar-refractivity contribution in [1.29, 1.82) is 0 Å². The minimum Gasteiger partial charge on any atom is -0.456 e. The molecule has 12 atom stereocenters. The third-order valence-corrected chi connectivity index (χ3v) is 14.3. The summed E-state index contributed by atoms with van der Waals surface area (Å²) in [6.45, 7) is 6.02. The minimum atomic E-state index is -2.53. The van der Waals surface area contributed by atoms with Crippen LogP contribution in [0, 0.1) is 16.7 Å². The van der Waals surface area contributed by atoms with Crippen molar-refractivity contribution < 1.29 is 87.1 Å². The van der Waals surface area contributed by atoms with E-state index < -0.39 is 145 Å². The lowest BCUT2D eigenvalue weighted by molar-refractivity contribution is -0.346. The van der Waals surface area contributed by atoms with Gasteiger partial charge in [-0.2, -0.15) is 0 Å². The largest absolute Gasteiger partial charge is 0.508 e. The van der Waals surface area contributed by atoms with E-state index in [4.69, 9.17) is 33.2 Å². The van der Waals surface area contributed by atoms with Crippen LogP contribution >= 0.6 is 0 Å². The van der Waals surface area contributed by atoms with E-state index in [9.17, 15) is 49.2 Å². The van der Waals surface area contributed by atoms with E-state index in [0.29, 0.717) is 5.56 Å². The van der Waals surface area contributed by atoms with Gasteiger partial charge >= 0.3 is 30.0 Å². The van der Waals surface area contributed by atoms with E-state index in [-0.39, 0.29) is 28.7 Å². The van der Waals surface area contributed by atoms with E-state index in [1.165, 1.54) is 39.8 Å². The highest BCUT2D eigenvalue weighted by molar-refractivity contribution is 5.96. The highest BCUT2D eigenvalue weighted by atomic mass is 16.7. The van der Waals surface area contributed by atoms with Gasteiger partial charge in [-0.05, 0) is 54.8 Å². The van der Waals surface area contributed by atoms with Crippen LogP contribution in [0.25, 0.3) is 0 Å². The van der Waals surface area contributed by atoms with Crippen molar-refractivity contribution in [3.05, 3.63) is 119 Å². The first-order valence-electron chi connectivity index (χ1n) is 22.7. The van der Waals surface area contributed by atoms with Crippen molar-refractivity contribution in [2.45, 2.75) is 114 Å². The number of Topliss-reactive ketones (excluding diaryl/α,β-unsaturated/α-hetero) is 1. The number of hydrogen-bond acceptors (Lipinski definition) is 18. The number of esters is 4. The van der Waals surface area contributed by atoms with Gasteiger partial charge in [0.1, 0.15) is 42.7 Å². The molecule has 2 saturated carbocycles. The van der Waals surface area contributed by atoms with Gasteiger partial charge in [0.2, 0.25) is 0 Å². The molecule has 3 aromatic rings. The van der Waals surface area contributed by atoms with Crippen LogP contribution in [0.15, 0.2) is 102 Å². The molecular formula is C51H57NO18. The fourth-order valence-corrected chi connectivity index (χ4v) is 10.7. The van der Waals surface area contributed by atoms with Crippen LogP contribution in [0.2, 0.25) is 0 Å². The summed E-state index contributed by atoms with van der Waals surface area (Å²) in [7, 11) is 0. The molecule has 4 aliphatic rings. The Morgan fingerprint density at radius 1 is 0.814 bits per heavy atom. The number of ether oxygens (including phenoxy) is 7. The molecule has 374 valence electrons. The Morgan fingerprint density at radius 3 is 1.97 bits per heavy atom. The molecule has 70 heavy (non-hydrogen) atoms. The maximum Gasteiger partial charge on any atom is 0.508 e. The number of fused-ring (bicyclic) bond motifs is 5. The Labute approximate surface area is 403 Å². The lowest BCUT2D eigenvalue weighted by Crippen LogP contribution is -2.82. The maximum atomic E-state index is 16.0. The van der Waals surface area contributed by atoms with E-state index >= 15 is 4.79 Å². The molecule has 5 N–H and O–H groups in total. The van der Waals surface area contributed by atoms with Crippen molar-refractivity contribution >= 4 is 41.7 Å². The van der Waals surface area contributed by atoms with E-state index in [2.05, 4.69) is 5.32 Å². The quantitative estimate of drug-likeness (QED) is 0.0881. The Morgan fingerprint density at radius 2 is 1.41 bits per heavy atom. The van der Waals surface area contributed by atoms with Gasteiger partial charge in [0.05, 0.1) is 36.2 Å². The number of carbonyl (C=O) groups is 7. The standard InChI is InChI=1S/C51H57NO18/c1-27-34(67-46(61)39(57)38(30-16-10-7-11-17-30)52-44(59)31-18-12-8-13-19-31)23-51(63)43(69-45(60)32-20-14-9-15-21-32)41-49(6,42(58)40(66-28(2)54)37(27)48(51,4)5)35(68-47(62)64-25-33(56)24-53)22-36-50(41,26-65-36)70-29(3)55/h7-21,33-36,38-41,43,53,56-57,63H,22-26H2,1-6H3,(H,52,59)/t33-,34+,35+,36-,38+,39-,40-,41?,43+,49-,50+,51-/m1/s1. The highest BCUT2D eigenvalue weighted by Gasteiger charge is 2.79. The molecule has 3 fully saturated rings. The number of benzene rings is 3. The van der Waals surface area contributed by atoms with Crippen LogP contribution in [-0.2, 0) is 52.3 Å². The number of rotatable bonds is 14. The SMILES string of the molecule is CC(=O)O[C@H]1C(=O)[C@@]2(C)C([C@H](OC(=O)c3ccccc3)[C@]3(O)C[C@H](OC(=O)[C@H](O)[C@@H](NC(=O)c4ccccc4)c4ccccc4)C(C)=C1C3(C)C)[C@]1(OC(C)=O)CO[C@@H]1C[C@@H]2OC(=O)OC[C@H](O)CO. The van der Waals surface area contributed by atoms with Gasteiger partial charge in [-0.1, -0.05) is 80.6 Å². The minimum absolute atomic E-state index is 0.00674. The molecule has 3 aliphatic carbocycles. The van der Waals surface area contributed by atoms with Crippen molar-refractivity contribution in [3.63, 3.8) is 0 Å². The van der Waals surface area contributed by atoms with Crippen LogP contribution in [0.3, 0.4) is 0 Å². The summed E-state index contributed by atoms with van der Waals surface area (Å²) in [5, 5.41) is 47.8. The Bertz CT molecular complexity index is 2520. The molecule has 1 unspecified atom stereocenters. The third-order valence-electron chi connectivity index (χ3n) is 14.3. The molecule has 1 saturated heterocycles. The second-order valence-corrected chi connectivity index (χ2v) is 18.8. The molecular weight excluding hydrogens is 915 g/mol. The van der Waals surface area contributed by atoms with Crippen LogP contribution < -0.4 is 5.32 Å². The number of ketones is 1. The summed E-state index contributed by atoms with van der Waals surface area (Å²) < 4.78 is 41.6. The lowest BCUT2D eigenvalue weighted by atomic mass is 9.44. The summed E-state index contributed by atoms with van der Waals surface area (Å²) in [4.78, 5) is 98.5. The summed E-state index contributed by atoms with van der Waals surface area (Å²) in [6.07, 6.45) is -14.4. The van der Waals surface area contributed by atoms with Crippen molar-refractivity contribution in [1.82, 2.24) is 5.32 Å². The second kappa shape index (κ2) is 20.1. The topological polar surface area (TPSA) is 277 Å². The zero-order chi connectivity index (χ0) is 50.9. The highest BCUT2D eigenvalue weighted by Crippen LogP contribution is 2.65. The number of amides is 1. The summed E-state index contributed by atoms with van der Waals surface area (Å²) in [5.74, 6) is -7.51. The fraction of sp³-hybridized carbons (Fsp3) is 0.471. The number of carbonyl (C=O) groups excluding carboxylic acids is 7. The lowest BCUT2D eigenvalue weighted by Gasteiger charge is -2.67. The Balaban J connectivity index is 1.41. The van der Waals surface area contributed by atoms with Crippen LogP contribution in [-0.4, -0.2) is 136 Å². The maximum absolute atomic E-state index is 16.0. The van der Waals surface area contributed by atoms with E-state index in [1.54, 1.807) is 78.9 Å². The number of hydrogen-bond donors (Lipinski definition) is 5. The first-order chi connectivity index (χ1) is 33.1. The number of nitrogens with one attached hydrogen (secondary N) is 1. The molecule has 1 amide bonds. The van der Waals surface area contributed by atoms with E-state index in [0.717, 1.165) is 13.8 Å². The molecule has 7 rings (SSSR count). The molecule has 2 bridgehead atoms. The van der Waals surface area contributed by atoms with Crippen LogP contribution in [0.5, 0.6) is 0 Å². The predicted molar refractivity (Wildman–Crippen MR) is 241 cm³/mol. The molecule has 3 aromatic carbocycles. The molecule has 1 heterocycles. The smallest absolute Gasteiger partial charge is 0.456 e. The van der Waals surface area contributed by atoms with Gasteiger partial charge < -0.3 is 58.9 Å². The average molecular weight is 972 g/mol. The predicted octanol–water partition coefficient (Wildman–Crippen LogP) is 3.25. The van der Waals surface area contributed by atoms with Gasteiger partial charge in [-0.3, -0.25) is 19.2 Å². The van der Waals surface area contributed by atoms with Crippen molar-refractivity contribution in [2.75, 3.05) is 19.8 Å². The monoisotopic (exact) mass is 971 g/mol. The van der Waals surface area contributed by atoms with Gasteiger partial charge in [0, 0.05) is 37.7 Å². The first-order valence-corrected chi connectivity index (χ1v) is 22.7. The molecule has 0 radical (unpaired) electrons. The fourth-order valence-electron chi connectivity index (χ4n) is 10.7. The van der Waals surface area contributed by atoms with Crippen molar-refractivity contribution in [3.8, 4) is 0 Å². The summed E-state index contributed by atoms with van der Waals surface area (Å²) in [5.41, 5.74) is -8.00. The molecule has 1 aliphatic heterocycles. The van der Waals surface area contributed by atoms with Gasteiger partial charge in [-0.25, -0.2) is 14.4 Å². The zero-order valence-electron chi connectivity index (χ0n) is 39.4. The summed E-state index contributed by atoms with van der Waals surface area (Å²) >= 11 is 0.